The molecule has 0 saturated heterocycles. The lowest BCUT2D eigenvalue weighted by atomic mass is 10.1. The topological polar surface area (TPSA) is 109 Å². The number of aryl methyl sites for hydroxylation is 1. The molecule has 1 unspecified atom stereocenters. The van der Waals surface area contributed by atoms with Gasteiger partial charge < -0.3 is 14.9 Å². The summed E-state index contributed by atoms with van der Waals surface area (Å²) in [5.74, 6) is -1.42. The summed E-state index contributed by atoms with van der Waals surface area (Å²) in [7, 11) is 1.41. The number of alkyl halides is 3. The number of hydrogen-bond acceptors (Lipinski definition) is 5. The molecule has 1 amide bonds. The van der Waals surface area contributed by atoms with Crippen LogP contribution in [0.25, 0.3) is 33.9 Å². The second-order valence-electron chi connectivity index (χ2n) is 7.51. The molecule has 184 valence electrons. The molecule has 0 aliphatic rings. The maximum absolute atomic E-state index is 14.9. The molecule has 0 aliphatic carbocycles. The number of aromatic nitrogens is 5. The molecular weight excluding hydrogens is 512 g/mol. The molecule has 0 spiro atoms. The number of amides is 1. The number of carbonyl (C=O) groups excluding carboxylic acids is 1. The number of nitrogens with zero attached hydrogens (tertiary/aromatic N) is 5. The van der Waals surface area contributed by atoms with Crippen LogP contribution in [0.2, 0.25) is 5.02 Å². The summed E-state index contributed by atoms with van der Waals surface area (Å²) in [6, 6.07) is 2.86. The Labute approximate surface area is 203 Å². The molecule has 8 nitrogen and oxygen atoms in total. The van der Waals surface area contributed by atoms with Gasteiger partial charge in [0.25, 0.3) is 0 Å². The van der Waals surface area contributed by atoms with Crippen LogP contribution in [0, 0.1) is 5.82 Å². The van der Waals surface area contributed by atoms with Crippen molar-refractivity contribution >= 4 is 39.3 Å². The molecule has 0 fully saturated rings. The van der Waals surface area contributed by atoms with Crippen molar-refractivity contribution in [2.24, 2.45) is 19.8 Å². The van der Waals surface area contributed by atoms with Gasteiger partial charge in [-0.1, -0.05) is 18.5 Å². The van der Waals surface area contributed by atoms with E-state index in [0.29, 0.717) is 0 Å². The minimum atomic E-state index is -4.66. The van der Waals surface area contributed by atoms with Crippen molar-refractivity contribution in [2.45, 2.75) is 18.1 Å². The van der Waals surface area contributed by atoms with Crippen LogP contribution in [0.4, 0.5) is 17.6 Å². The SMILES string of the molecule is CCS(=O)c1c(-c2nc3cc(C(F)(F)F)ncc3n2C)nc(-c2cc(C(N)=O)c(Cl)cc2F)n1C. The zero-order valence-electron chi connectivity index (χ0n) is 18.4. The van der Waals surface area contributed by atoms with Crippen molar-refractivity contribution in [1.29, 1.82) is 0 Å². The van der Waals surface area contributed by atoms with Crippen molar-refractivity contribution in [1.82, 2.24) is 24.1 Å². The molecule has 2 N–H and O–H groups in total. The number of primary amides is 1. The van der Waals surface area contributed by atoms with E-state index >= 15 is 0 Å². The van der Waals surface area contributed by atoms with E-state index < -0.39 is 34.4 Å². The summed E-state index contributed by atoms with van der Waals surface area (Å²) < 4.78 is 70.1. The van der Waals surface area contributed by atoms with Crippen molar-refractivity contribution in [3.63, 3.8) is 0 Å². The normalized spacial score (nSPS) is 12.9. The van der Waals surface area contributed by atoms with E-state index in [1.165, 1.54) is 16.2 Å². The molecule has 1 aromatic carbocycles. The van der Waals surface area contributed by atoms with E-state index in [1.807, 2.05) is 0 Å². The van der Waals surface area contributed by atoms with Crippen LogP contribution < -0.4 is 5.73 Å². The fourth-order valence-electron chi connectivity index (χ4n) is 3.63. The fourth-order valence-corrected chi connectivity index (χ4v) is 4.89. The van der Waals surface area contributed by atoms with Crippen LogP contribution in [0.1, 0.15) is 23.0 Å². The first-order valence-electron chi connectivity index (χ1n) is 9.99. The first kappa shape index (κ1) is 24.8. The molecule has 3 heterocycles. The van der Waals surface area contributed by atoms with Gasteiger partial charge in [0.1, 0.15) is 28.1 Å². The van der Waals surface area contributed by atoms with Gasteiger partial charge in [-0.05, 0) is 18.2 Å². The number of halogens is 5. The van der Waals surface area contributed by atoms with Crippen LogP contribution in [0.5, 0.6) is 0 Å². The molecule has 0 aliphatic heterocycles. The van der Waals surface area contributed by atoms with E-state index in [-0.39, 0.29) is 55.3 Å². The third kappa shape index (κ3) is 4.18. The number of imidazole rings is 2. The highest BCUT2D eigenvalue weighted by atomic mass is 35.5. The van der Waals surface area contributed by atoms with Crippen molar-refractivity contribution in [2.75, 3.05) is 5.75 Å². The van der Waals surface area contributed by atoms with Gasteiger partial charge in [0.2, 0.25) is 5.91 Å². The first-order valence-corrected chi connectivity index (χ1v) is 11.7. The highest BCUT2D eigenvalue weighted by Gasteiger charge is 2.33. The Morgan fingerprint density at radius 1 is 1.14 bits per heavy atom. The Morgan fingerprint density at radius 2 is 1.83 bits per heavy atom. The second-order valence-corrected chi connectivity index (χ2v) is 9.57. The van der Waals surface area contributed by atoms with Crippen LogP contribution in [-0.2, 0) is 31.1 Å². The van der Waals surface area contributed by atoms with Crippen LogP contribution in [0.3, 0.4) is 0 Å². The standard InChI is InChI=1S/C21H17ClF4N6O2S/c1-4-35(34)20-16(19-29-13-7-15(21(24,25)26)28-8-14(13)31(19)2)30-18(32(20)3)10-5-9(17(27)33)11(22)6-12(10)23/h5-8H,4H2,1-3H3,(H2,27,33). The third-order valence-corrected chi connectivity index (χ3v) is 7.09. The summed E-state index contributed by atoms with van der Waals surface area (Å²) in [6.07, 6.45) is -3.63. The average Bonchev–Trinajstić information content (AvgIpc) is 3.29. The van der Waals surface area contributed by atoms with Gasteiger partial charge >= 0.3 is 6.18 Å². The van der Waals surface area contributed by atoms with Crippen molar-refractivity contribution in [3.8, 4) is 22.9 Å². The van der Waals surface area contributed by atoms with E-state index in [2.05, 4.69) is 15.0 Å². The Balaban J connectivity index is 2.00. The highest BCUT2D eigenvalue weighted by Crippen LogP contribution is 2.35. The minimum absolute atomic E-state index is 0.000975. The predicted molar refractivity (Wildman–Crippen MR) is 122 cm³/mol. The van der Waals surface area contributed by atoms with Gasteiger partial charge in [0, 0.05) is 19.8 Å². The lowest BCUT2D eigenvalue weighted by molar-refractivity contribution is -0.141. The van der Waals surface area contributed by atoms with E-state index in [9.17, 15) is 26.6 Å². The lowest BCUT2D eigenvalue weighted by Crippen LogP contribution is -2.12. The average molecular weight is 529 g/mol. The fraction of sp³-hybridized carbons (Fsp3) is 0.238. The number of fused-ring (bicyclic) bond motifs is 1. The molecule has 0 radical (unpaired) electrons. The number of nitrogens with two attached hydrogens (primary N) is 1. The van der Waals surface area contributed by atoms with Gasteiger partial charge in [0.15, 0.2) is 5.82 Å². The molecule has 35 heavy (non-hydrogen) atoms. The third-order valence-electron chi connectivity index (χ3n) is 5.35. The summed E-state index contributed by atoms with van der Waals surface area (Å²) in [6.45, 7) is 1.66. The summed E-state index contributed by atoms with van der Waals surface area (Å²) >= 11 is 5.92. The van der Waals surface area contributed by atoms with Crippen LogP contribution in [0.15, 0.2) is 29.4 Å². The minimum Gasteiger partial charge on any atom is -0.366 e. The number of rotatable bonds is 5. The summed E-state index contributed by atoms with van der Waals surface area (Å²) in [5, 5.41) is -0.0197. The molecular formula is C21H17ClF4N6O2S. The van der Waals surface area contributed by atoms with Crippen molar-refractivity contribution < 1.29 is 26.6 Å². The first-order chi connectivity index (χ1) is 16.3. The molecule has 0 saturated carbocycles. The molecule has 14 heteroatoms. The predicted octanol–water partition coefficient (Wildman–Crippen LogP) is 4.07. The van der Waals surface area contributed by atoms with E-state index in [4.69, 9.17) is 17.3 Å². The monoisotopic (exact) mass is 528 g/mol. The zero-order valence-corrected chi connectivity index (χ0v) is 20.0. The van der Waals surface area contributed by atoms with E-state index in [1.54, 1.807) is 14.0 Å². The van der Waals surface area contributed by atoms with Gasteiger partial charge in [-0.2, -0.15) is 13.2 Å². The maximum atomic E-state index is 14.9. The van der Waals surface area contributed by atoms with Crippen LogP contribution in [-0.4, -0.2) is 40.0 Å². The lowest BCUT2D eigenvalue weighted by Gasteiger charge is -2.09. The number of hydrogen-bond donors (Lipinski definition) is 1. The van der Waals surface area contributed by atoms with Gasteiger partial charge in [-0.25, -0.2) is 19.3 Å². The molecule has 4 rings (SSSR count). The largest absolute Gasteiger partial charge is 0.433 e. The Hall–Kier alpha value is -3.32. The summed E-state index contributed by atoms with van der Waals surface area (Å²) in [4.78, 5) is 23.9. The Morgan fingerprint density at radius 3 is 2.43 bits per heavy atom. The molecule has 4 aromatic rings. The second kappa shape index (κ2) is 8.72. The highest BCUT2D eigenvalue weighted by molar-refractivity contribution is 7.85. The van der Waals surface area contributed by atoms with Crippen LogP contribution >= 0.6 is 11.6 Å². The van der Waals surface area contributed by atoms with Gasteiger partial charge in [0.05, 0.1) is 44.2 Å². The quantitative estimate of drug-likeness (QED) is 0.393. The number of carbonyl (C=O) groups is 1. The maximum Gasteiger partial charge on any atom is 0.433 e. The smallest absolute Gasteiger partial charge is 0.366 e. The number of pyridine rings is 1. The van der Waals surface area contributed by atoms with E-state index in [0.717, 1.165) is 24.4 Å². The number of benzene rings is 1. The Kier molecular flexibility index (Phi) is 6.18. The molecule has 3 aromatic heterocycles. The molecule has 1 atom stereocenters. The molecule has 0 bridgehead atoms. The Bertz CT molecular complexity index is 1530. The zero-order chi connectivity index (χ0) is 25.8. The van der Waals surface area contributed by atoms with Gasteiger partial charge in [-0.15, -0.1) is 0 Å². The summed E-state index contributed by atoms with van der Waals surface area (Å²) in [5.41, 5.74) is 4.30. The van der Waals surface area contributed by atoms with Crippen molar-refractivity contribution in [3.05, 3.63) is 46.5 Å². The van der Waals surface area contributed by atoms with Gasteiger partial charge in [-0.3, -0.25) is 9.00 Å².